The molecule has 6 nitrogen and oxygen atoms in total. The molecule has 1 saturated heterocycles. The number of hydrogen-bond acceptors (Lipinski definition) is 3. The fourth-order valence-electron chi connectivity index (χ4n) is 2.21. The molecule has 1 aromatic rings. The summed E-state index contributed by atoms with van der Waals surface area (Å²) in [5, 5.41) is 2.70. The molecule has 1 N–H and O–H groups in total. The molecule has 2 amide bonds. The van der Waals surface area contributed by atoms with Crippen molar-refractivity contribution in [1.29, 1.82) is 0 Å². The first-order valence-electron chi connectivity index (χ1n) is 6.11. The lowest BCUT2D eigenvalue weighted by Gasteiger charge is -2.37. The van der Waals surface area contributed by atoms with E-state index in [1.807, 2.05) is 24.7 Å². The monoisotopic (exact) mass is 250 g/mol. The van der Waals surface area contributed by atoms with Crippen LogP contribution >= 0.6 is 0 Å². The quantitative estimate of drug-likeness (QED) is 0.824. The number of aryl methyl sites for hydroxylation is 1. The molecule has 1 fully saturated rings. The molecule has 18 heavy (non-hydrogen) atoms. The molecular formula is C12H18N4O2. The summed E-state index contributed by atoms with van der Waals surface area (Å²) in [6.07, 6.45) is 4.12. The van der Waals surface area contributed by atoms with Crippen LogP contribution in [0.4, 0.5) is 0 Å². The third-order valence-electron chi connectivity index (χ3n) is 3.31. The Morgan fingerprint density at radius 2 is 2.17 bits per heavy atom. The number of imidazole rings is 1. The minimum Gasteiger partial charge on any atom is -0.343 e. The first-order valence-corrected chi connectivity index (χ1v) is 6.11. The van der Waals surface area contributed by atoms with Gasteiger partial charge in [-0.15, -0.1) is 0 Å². The number of carbonyl (C=O) groups excluding carboxylic acids is 2. The Kier molecular flexibility index (Phi) is 3.36. The van der Waals surface area contributed by atoms with E-state index in [9.17, 15) is 9.59 Å². The van der Waals surface area contributed by atoms with E-state index >= 15 is 0 Å². The Labute approximate surface area is 106 Å². The van der Waals surface area contributed by atoms with E-state index in [1.165, 1.54) is 0 Å². The van der Waals surface area contributed by atoms with E-state index in [0.29, 0.717) is 13.0 Å². The summed E-state index contributed by atoms with van der Waals surface area (Å²) in [6, 6.07) is -0.856. The Balaban J connectivity index is 2.24. The molecule has 0 radical (unpaired) electrons. The summed E-state index contributed by atoms with van der Waals surface area (Å²) in [4.78, 5) is 29.8. The summed E-state index contributed by atoms with van der Waals surface area (Å²) in [5.74, 6) is 0.645. The van der Waals surface area contributed by atoms with E-state index in [2.05, 4.69) is 10.3 Å². The standard InChI is InChI=1S/C12H18N4O2/c1-4-9-11(17)14-8(2)12(18)16(9)7-10-13-5-6-15(10)3/h5-6,8-9H,4,7H2,1-3H3,(H,14,17). The van der Waals surface area contributed by atoms with Gasteiger partial charge in [0.05, 0.1) is 6.54 Å². The van der Waals surface area contributed by atoms with Crippen LogP contribution in [-0.2, 0) is 23.2 Å². The van der Waals surface area contributed by atoms with Crippen LogP contribution < -0.4 is 5.32 Å². The number of piperazine rings is 1. The smallest absolute Gasteiger partial charge is 0.245 e. The van der Waals surface area contributed by atoms with E-state index in [1.54, 1.807) is 18.0 Å². The van der Waals surface area contributed by atoms with Gasteiger partial charge in [-0.3, -0.25) is 9.59 Å². The lowest BCUT2D eigenvalue weighted by atomic mass is 10.1. The van der Waals surface area contributed by atoms with Crippen LogP contribution in [0.25, 0.3) is 0 Å². The largest absolute Gasteiger partial charge is 0.343 e. The van der Waals surface area contributed by atoms with Crippen molar-refractivity contribution in [3.05, 3.63) is 18.2 Å². The predicted molar refractivity (Wildman–Crippen MR) is 65.4 cm³/mol. The second-order valence-electron chi connectivity index (χ2n) is 4.57. The second-order valence-corrected chi connectivity index (χ2v) is 4.57. The van der Waals surface area contributed by atoms with Crippen LogP contribution in [0.1, 0.15) is 26.1 Å². The first kappa shape index (κ1) is 12.6. The van der Waals surface area contributed by atoms with Gasteiger partial charge >= 0.3 is 0 Å². The van der Waals surface area contributed by atoms with E-state index in [0.717, 1.165) is 5.82 Å². The summed E-state index contributed by atoms with van der Waals surface area (Å²) in [7, 11) is 1.88. The maximum absolute atomic E-state index is 12.2. The molecule has 1 aromatic heterocycles. The van der Waals surface area contributed by atoms with Crippen LogP contribution in [0.5, 0.6) is 0 Å². The molecule has 1 aliphatic heterocycles. The molecule has 2 heterocycles. The van der Waals surface area contributed by atoms with Crippen molar-refractivity contribution in [2.24, 2.45) is 7.05 Å². The first-order chi connectivity index (χ1) is 8.54. The normalized spacial score (nSPS) is 24.3. The fourth-order valence-corrected chi connectivity index (χ4v) is 2.21. The highest BCUT2D eigenvalue weighted by molar-refractivity contribution is 5.96. The van der Waals surface area contributed by atoms with Gasteiger partial charge in [0.1, 0.15) is 17.9 Å². The van der Waals surface area contributed by atoms with Crippen molar-refractivity contribution >= 4 is 11.8 Å². The lowest BCUT2D eigenvalue weighted by molar-refractivity contribution is -0.149. The number of nitrogens with one attached hydrogen (secondary N) is 1. The van der Waals surface area contributed by atoms with Crippen LogP contribution in [-0.4, -0.2) is 38.3 Å². The Morgan fingerprint density at radius 1 is 1.44 bits per heavy atom. The highest BCUT2D eigenvalue weighted by Gasteiger charge is 2.37. The van der Waals surface area contributed by atoms with Crippen molar-refractivity contribution in [3.8, 4) is 0 Å². The highest BCUT2D eigenvalue weighted by atomic mass is 16.2. The van der Waals surface area contributed by atoms with Gasteiger partial charge in [0.25, 0.3) is 0 Å². The molecule has 2 unspecified atom stereocenters. The number of aromatic nitrogens is 2. The maximum atomic E-state index is 12.2. The molecule has 0 aromatic carbocycles. The molecule has 2 rings (SSSR count). The number of hydrogen-bond donors (Lipinski definition) is 1. The van der Waals surface area contributed by atoms with Crippen molar-refractivity contribution < 1.29 is 9.59 Å². The van der Waals surface area contributed by atoms with Crippen LogP contribution in [0.2, 0.25) is 0 Å². The zero-order valence-corrected chi connectivity index (χ0v) is 10.9. The van der Waals surface area contributed by atoms with E-state index < -0.39 is 12.1 Å². The van der Waals surface area contributed by atoms with Gasteiger partial charge in [-0.2, -0.15) is 0 Å². The minimum atomic E-state index is -0.458. The van der Waals surface area contributed by atoms with Crippen molar-refractivity contribution in [3.63, 3.8) is 0 Å². The molecule has 6 heteroatoms. The second kappa shape index (κ2) is 4.80. The molecule has 0 bridgehead atoms. The third-order valence-corrected chi connectivity index (χ3v) is 3.31. The topological polar surface area (TPSA) is 67.2 Å². The van der Waals surface area contributed by atoms with Gasteiger partial charge in [-0.05, 0) is 13.3 Å². The Morgan fingerprint density at radius 3 is 2.72 bits per heavy atom. The van der Waals surface area contributed by atoms with E-state index in [4.69, 9.17) is 0 Å². The average Bonchev–Trinajstić information content (AvgIpc) is 2.72. The average molecular weight is 250 g/mol. The molecular weight excluding hydrogens is 232 g/mol. The number of amides is 2. The van der Waals surface area contributed by atoms with Crippen LogP contribution in [0, 0.1) is 0 Å². The maximum Gasteiger partial charge on any atom is 0.245 e. The SMILES string of the molecule is CCC1C(=O)NC(C)C(=O)N1Cc1nccn1C. The molecule has 98 valence electrons. The van der Waals surface area contributed by atoms with Gasteiger partial charge in [0.2, 0.25) is 11.8 Å². The van der Waals surface area contributed by atoms with Gasteiger partial charge in [0.15, 0.2) is 0 Å². The lowest BCUT2D eigenvalue weighted by Crippen LogP contribution is -2.61. The zero-order chi connectivity index (χ0) is 13.3. The number of carbonyl (C=O) groups is 2. The molecule has 2 atom stereocenters. The number of nitrogens with zero attached hydrogens (tertiary/aromatic N) is 3. The number of rotatable bonds is 3. The van der Waals surface area contributed by atoms with Gasteiger partial charge in [-0.25, -0.2) is 4.98 Å². The third kappa shape index (κ3) is 2.10. The van der Waals surface area contributed by atoms with Crippen molar-refractivity contribution in [2.45, 2.75) is 38.9 Å². The molecule has 0 spiro atoms. The van der Waals surface area contributed by atoms with Gasteiger partial charge < -0.3 is 14.8 Å². The summed E-state index contributed by atoms with van der Waals surface area (Å²) in [5.41, 5.74) is 0. The molecule has 1 aliphatic rings. The van der Waals surface area contributed by atoms with E-state index in [-0.39, 0.29) is 11.8 Å². The fraction of sp³-hybridized carbons (Fsp3) is 0.583. The Hall–Kier alpha value is -1.85. The Bertz CT molecular complexity index is 468. The van der Waals surface area contributed by atoms with Gasteiger partial charge in [-0.1, -0.05) is 6.92 Å². The van der Waals surface area contributed by atoms with Gasteiger partial charge in [0, 0.05) is 19.4 Å². The van der Waals surface area contributed by atoms with Crippen LogP contribution in [0.15, 0.2) is 12.4 Å². The van der Waals surface area contributed by atoms with Crippen molar-refractivity contribution in [2.75, 3.05) is 0 Å². The summed E-state index contributed by atoms with van der Waals surface area (Å²) in [6.45, 7) is 3.98. The summed E-state index contributed by atoms with van der Waals surface area (Å²) < 4.78 is 1.86. The zero-order valence-electron chi connectivity index (χ0n) is 10.9. The van der Waals surface area contributed by atoms with Crippen LogP contribution in [0.3, 0.4) is 0 Å². The molecule has 0 saturated carbocycles. The highest BCUT2D eigenvalue weighted by Crippen LogP contribution is 2.16. The van der Waals surface area contributed by atoms with Crippen molar-refractivity contribution in [1.82, 2.24) is 19.8 Å². The summed E-state index contributed by atoms with van der Waals surface area (Å²) >= 11 is 0. The predicted octanol–water partition coefficient (Wildman–Crippen LogP) is 0.0456. The minimum absolute atomic E-state index is 0.0514. The molecule has 0 aliphatic carbocycles.